The van der Waals surface area contributed by atoms with E-state index in [9.17, 15) is 9.59 Å². The number of hydrogen-bond donors (Lipinski definition) is 0. The van der Waals surface area contributed by atoms with Crippen LogP contribution in [0.25, 0.3) is 0 Å². The van der Waals surface area contributed by atoms with Crippen LogP contribution in [0.4, 0.5) is 5.69 Å². The second-order valence-electron chi connectivity index (χ2n) is 6.93. The monoisotopic (exact) mass is 382 g/mol. The quantitative estimate of drug-likeness (QED) is 0.798. The molecular weight excluding hydrogens is 356 g/mol. The van der Waals surface area contributed by atoms with E-state index in [2.05, 4.69) is 0 Å². The van der Waals surface area contributed by atoms with Gasteiger partial charge in [0.15, 0.2) is 11.5 Å². The van der Waals surface area contributed by atoms with Crippen molar-refractivity contribution in [3.05, 3.63) is 53.1 Å². The number of carbonyl (C=O) groups is 2. The smallest absolute Gasteiger partial charge is 0.242 e. The van der Waals surface area contributed by atoms with Crippen molar-refractivity contribution in [2.45, 2.75) is 26.8 Å². The summed E-state index contributed by atoms with van der Waals surface area (Å²) in [6.07, 6.45) is 0.742. The SMILES string of the molecule is COc1cc2c(cc1OC)CN(C(=O)CN(C(C)=O)c1ccccc1C)CC2. The maximum absolute atomic E-state index is 13.0. The van der Waals surface area contributed by atoms with Gasteiger partial charge in [-0.25, -0.2) is 0 Å². The van der Waals surface area contributed by atoms with Crippen LogP contribution in [-0.2, 0) is 22.6 Å². The van der Waals surface area contributed by atoms with Crippen molar-refractivity contribution < 1.29 is 19.1 Å². The van der Waals surface area contributed by atoms with Crippen LogP contribution in [0.1, 0.15) is 23.6 Å². The second kappa shape index (κ2) is 8.33. The summed E-state index contributed by atoms with van der Waals surface area (Å²) < 4.78 is 10.7. The van der Waals surface area contributed by atoms with E-state index in [0.717, 1.165) is 28.8 Å². The Balaban J connectivity index is 1.78. The summed E-state index contributed by atoms with van der Waals surface area (Å²) in [5.74, 6) is 1.13. The molecule has 2 aromatic carbocycles. The summed E-state index contributed by atoms with van der Waals surface area (Å²) in [4.78, 5) is 28.5. The normalized spacial score (nSPS) is 12.9. The number of rotatable bonds is 5. The number of para-hydroxylation sites is 1. The van der Waals surface area contributed by atoms with Crippen LogP contribution in [0.2, 0.25) is 0 Å². The highest BCUT2D eigenvalue weighted by Crippen LogP contribution is 2.33. The van der Waals surface area contributed by atoms with E-state index in [1.807, 2.05) is 43.3 Å². The third kappa shape index (κ3) is 3.96. The number of nitrogens with zero attached hydrogens (tertiary/aromatic N) is 2. The first-order chi connectivity index (χ1) is 13.4. The molecule has 1 heterocycles. The van der Waals surface area contributed by atoms with Crippen LogP contribution >= 0.6 is 0 Å². The van der Waals surface area contributed by atoms with Crippen molar-refractivity contribution >= 4 is 17.5 Å². The lowest BCUT2D eigenvalue weighted by Gasteiger charge is -2.32. The molecule has 3 rings (SSSR count). The summed E-state index contributed by atoms with van der Waals surface area (Å²) in [6, 6.07) is 11.5. The van der Waals surface area contributed by atoms with E-state index in [0.29, 0.717) is 24.6 Å². The minimum atomic E-state index is -0.147. The summed E-state index contributed by atoms with van der Waals surface area (Å²) >= 11 is 0. The van der Waals surface area contributed by atoms with Crippen LogP contribution in [0, 0.1) is 6.92 Å². The van der Waals surface area contributed by atoms with Crippen LogP contribution in [0.5, 0.6) is 11.5 Å². The molecule has 2 aromatic rings. The first-order valence-corrected chi connectivity index (χ1v) is 9.30. The van der Waals surface area contributed by atoms with Crippen molar-refractivity contribution in [1.29, 1.82) is 0 Å². The first-order valence-electron chi connectivity index (χ1n) is 9.30. The summed E-state index contributed by atoms with van der Waals surface area (Å²) in [7, 11) is 3.22. The minimum absolute atomic E-state index is 0.0306. The third-order valence-corrected chi connectivity index (χ3v) is 5.15. The maximum Gasteiger partial charge on any atom is 0.242 e. The molecule has 0 radical (unpaired) electrons. The average Bonchev–Trinajstić information content (AvgIpc) is 2.70. The molecule has 148 valence electrons. The third-order valence-electron chi connectivity index (χ3n) is 5.15. The van der Waals surface area contributed by atoms with Gasteiger partial charge in [-0.15, -0.1) is 0 Å². The molecule has 6 nitrogen and oxygen atoms in total. The highest BCUT2D eigenvalue weighted by Gasteiger charge is 2.26. The molecule has 0 aromatic heterocycles. The minimum Gasteiger partial charge on any atom is -0.493 e. The maximum atomic E-state index is 13.0. The van der Waals surface area contributed by atoms with Crippen molar-refractivity contribution in [2.24, 2.45) is 0 Å². The lowest BCUT2D eigenvalue weighted by atomic mass is 9.98. The van der Waals surface area contributed by atoms with Crippen LogP contribution in [0.3, 0.4) is 0 Å². The van der Waals surface area contributed by atoms with Gasteiger partial charge in [0.05, 0.1) is 14.2 Å². The molecular formula is C22H26N2O4. The molecule has 2 amide bonds. The topological polar surface area (TPSA) is 59.1 Å². The largest absolute Gasteiger partial charge is 0.493 e. The number of hydrogen-bond acceptors (Lipinski definition) is 4. The molecule has 1 aliphatic heterocycles. The molecule has 0 saturated carbocycles. The highest BCUT2D eigenvalue weighted by molar-refractivity contribution is 5.98. The predicted octanol–water partition coefficient (Wildman–Crippen LogP) is 2.95. The van der Waals surface area contributed by atoms with Crippen molar-refractivity contribution in [1.82, 2.24) is 4.90 Å². The first kappa shape index (κ1) is 19.7. The number of methoxy groups -OCH3 is 2. The lowest BCUT2D eigenvalue weighted by molar-refractivity contribution is -0.132. The Labute approximate surface area is 165 Å². The molecule has 0 saturated heterocycles. The standard InChI is InChI=1S/C22H26N2O4/c1-15-7-5-6-8-19(15)24(16(2)25)14-22(26)23-10-9-17-11-20(27-3)21(28-4)12-18(17)13-23/h5-8,11-12H,9-10,13-14H2,1-4H3. The van der Waals surface area contributed by atoms with E-state index in [1.54, 1.807) is 24.0 Å². The van der Waals surface area contributed by atoms with E-state index in [4.69, 9.17) is 9.47 Å². The van der Waals surface area contributed by atoms with Gasteiger partial charge in [-0.05, 0) is 48.2 Å². The van der Waals surface area contributed by atoms with Gasteiger partial charge in [0, 0.05) is 25.7 Å². The van der Waals surface area contributed by atoms with Crippen molar-refractivity contribution in [3.63, 3.8) is 0 Å². The Morgan fingerprint density at radius 2 is 1.71 bits per heavy atom. The molecule has 0 N–H and O–H groups in total. The van der Waals surface area contributed by atoms with Gasteiger partial charge in [0.25, 0.3) is 0 Å². The van der Waals surface area contributed by atoms with Crippen LogP contribution in [0.15, 0.2) is 36.4 Å². The van der Waals surface area contributed by atoms with E-state index in [1.165, 1.54) is 6.92 Å². The zero-order valence-electron chi connectivity index (χ0n) is 16.8. The lowest BCUT2D eigenvalue weighted by Crippen LogP contribution is -2.44. The highest BCUT2D eigenvalue weighted by atomic mass is 16.5. The molecule has 6 heteroatoms. The van der Waals surface area contributed by atoms with Crippen LogP contribution in [-0.4, -0.2) is 44.0 Å². The van der Waals surface area contributed by atoms with E-state index in [-0.39, 0.29) is 18.4 Å². The Bertz CT molecular complexity index is 894. The second-order valence-corrected chi connectivity index (χ2v) is 6.93. The molecule has 28 heavy (non-hydrogen) atoms. The predicted molar refractivity (Wildman–Crippen MR) is 108 cm³/mol. The Kier molecular flexibility index (Phi) is 5.87. The molecule has 0 atom stereocenters. The number of amides is 2. The Morgan fingerprint density at radius 1 is 1.07 bits per heavy atom. The van der Waals surface area contributed by atoms with Crippen LogP contribution < -0.4 is 14.4 Å². The van der Waals surface area contributed by atoms with Crippen molar-refractivity contribution in [2.75, 3.05) is 32.2 Å². The summed E-state index contributed by atoms with van der Waals surface area (Å²) in [5.41, 5.74) is 3.94. The fourth-order valence-corrected chi connectivity index (χ4v) is 3.56. The molecule has 0 bridgehead atoms. The molecule has 1 aliphatic rings. The van der Waals surface area contributed by atoms with Gasteiger partial charge in [-0.3, -0.25) is 9.59 Å². The number of aryl methyl sites for hydroxylation is 1. The van der Waals surface area contributed by atoms with Crippen molar-refractivity contribution in [3.8, 4) is 11.5 Å². The van der Waals surface area contributed by atoms with E-state index >= 15 is 0 Å². The summed E-state index contributed by atoms with van der Waals surface area (Å²) in [6.45, 7) is 4.56. The average molecular weight is 382 g/mol. The number of ether oxygens (including phenoxy) is 2. The van der Waals surface area contributed by atoms with Gasteiger partial charge < -0.3 is 19.3 Å². The number of fused-ring (bicyclic) bond motifs is 1. The zero-order valence-corrected chi connectivity index (χ0v) is 16.8. The Hall–Kier alpha value is -3.02. The van der Waals surface area contributed by atoms with Gasteiger partial charge in [-0.2, -0.15) is 0 Å². The fraction of sp³-hybridized carbons (Fsp3) is 0.364. The summed E-state index contributed by atoms with van der Waals surface area (Å²) in [5, 5.41) is 0. The Morgan fingerprint density at radius 3 is 2.32 bits per heavy atom. The van der Waals surface area contributed by atoms with Gasteiger partial charge in [0.1, 0.15) is 6.54 Å². The van der Waals surface area contributed by atoms with Gasteiger partial charge in [-0.1, -0.05) is 18.2 Å². The number of benzene rings is 2. The number of anilines is 1. The van der Waals surface area contributed by atoms with Gasteiger partial charge >= 0.3 is 0 Å². The molecule has 0 spiro atoms. The number of carbonyl (C=O) groups excluding carboxylic acids is 2. The zero-order chi connectivity index (χ0) is 20.3. The molecule has 0 aliphatic carbocycles. The van der Waals surface area contributed by atoms with E-state index < -0.39 is 0 Å². The molecule has 0 unspecified atom stereocenters. The van der Waals surface area contributed by atoms with Gasteiger partial charge in [0.2, 0.25) is 11.8 Å². The fourth-order valence-electron chi connectivity index (χ4n) is 3.56. The molecule has 0 fully saturated rings.